The third kappa shape index (κ3) is 4.58. The lowest BCUT2D eigenvalue weighted by Crippen LogP contribution is -2.26. The van der Waals surface area contributed by atoms with E-state index < -0.39 is 10.0 Å². The van der Waals surface area contributed by atoms with E-state index >= 15 is 0 Å². The molecule has 0 aliphatic heterocycles. The van der Waals surface area contributed by atoms with Gasteiger partial charge in [-0.15, -0.1) is 6.42 Å². The standard InChI is InChI=1S/C18H24N2O2S/c1-6-10-20-23(21,22)18-11-15(8-9-19)16(13(3)4)12-17(18)14(5)7-2/h1,11-14,20H,7-8,10H2,2-5H3. The number of rotatable bonds is 7. The Morgan fingerprint density at radius 2 is 1.91 bits per heavy atom. The van der Waals surface area contributed by atoms with Gasteiger partial charge in [0.15, 0.2) is 0 Å². The number of hydrogen-bond donors (Lipinski definition) is 1. The molecular formula is C18H24N2O2S. The van der Waals surface area contributed by atoms with Crippen LogP contribution >= 0.6 is 0 Å². The lowest BCUT2D eigenvalue weighted by Gasteiger charge is -2.21. The summed E-state index contributed by atoms with van der Waals surface area (Å²) >= 11 is 0. The summed E-state index contributed by atoms with van der Waals surface area (Å²) in [5, 5.41) is 9.04. The van der Waals surface area contributed by atoms with E-state index in [1.54, 1.807) is 6.07 Å². The van der Waals surface area contributed by atoms with E-state index in [-0.39, 0.29) is 29.7 Å². The first kappa shape index (κ1) is 19.2. The first-order valence-corrected chi connectivity index (χ1v) is 9.23. The van der Waals surface area contributed by atoms with Gasteiger partial charge >= 0.3 is 0 Å². The normalized spacial score (nSPS) is 12.7. The van der Waals surface area contributed by atoms with Crippen LogP contribution in [-0.2, 0) is 16.4 Å². The zero-order chi connectivity index (χ0) is 17.6. The Balaban J connectivity index is 3.63. The molecule has 5 heteroatoms. The number of nitriles is 1. The van der Waals surface area contributed by atoms with Crippen molar-refractivity contribution in [2.75, 3.05) is 6.54 Å². The lowest BCUT2D eigenvalue weighted by atomic mass is 9.89. The van der Waals surface area contributed by atoms with Crippen LogP contribution in [0.15, 0.2) is 17.0 Å². The van der Waals surface area contributed by atoms with Crippen molar-refractivity contribution in [3.05, 3.63) is 28.8 Å². The second-order valence-electron chi connectivity index (χ2n) is 5.92. The first-order valence-electron chi connectivity index (χ1n) is 7.75. The van der Waals surface area contributed by atoms with Crippen LogP contribution in [0.5, 0.6) is 0 Å². The van der Waals surface area contributed by atoms with Gasteiger partial charge in [-0.2, -0.15) is 9.98 Å². The Kier molecular flexibility index (Phi) is 6.81. The van der Waals surface area contributed by atoms with Crippen molar-refractivity contribution in [2.24, 2.45) is 0 Å². The smallest absolute Gasteiger partial charge is 0.207 e. The Hall–Kier alpha value is -1.82. The molecule has 23 heavy (non-hydrogen) atoms. The van der Waals surface area contributed by atoms with Gasteiger partial charge in [0.1, 0.15) is 0 Å². The summed E-state index contributed by atoms with van der Waals surface area (Å²) in [4.78, 5) is 0.233. The van der Waals surface area contributed by atoms with Gasteiger partial charge in [0.25, 0.3) is 0 Å². The maximum Gasteiger partial charge on any atom is 0.241 e. The number of benzene rings is 1. The number of sulfonamides is 1. The molecule has 1 N–H and O–H groups in total. The summed E-state index contributed by atoms with van der Waals surface area (Å²) in [6.45, 7) is 8.06. The molecule has 0 fully saturated rings. The maximum absolute atomic E-state index is 12.6. The van der Waals surface area contributed by atoms with Crippen LogP contribution in [0, 0.1) is 23.7 Å². The Labute approximate surface area is 140 Å². The van der Waals surface area contributed by atoms with Gasteiger partial charge in [-0.3, -0.25) is 0 Å². The molecule has 0 heterocycles. The summed E-state index contributed by atoms with van der Waals surface area (Å²) in [5.41, 5.74) is 2.57. The minimum Gasteiger partial charge on any atom is -0.207 e. The summed E-state index contributed by atoms with van der Waals surface area (Å²) < 4.78 is 27.6. The molecule has 0 radical (unpaired) electrons. The topological polar surface area (TPSA) is 70.0 Å². The molecule has 1 atom stereocenters. The molecule has 0 aliphatic carbocycles. The molecule has 1 aromatic carbocycles. The van der Waals surface area contributed by atoms with Crippen LogP contribution in [0.4, 0.5) is 0 Å². The molecule has 0 saturated heterocycles. The van der Waals surface area contributed by atoms with Crippen molar-refractivity contribution in [2.45, 2.75) is 57.3 Å². The average molecular weight is 332 g/mol. The van der Waals surface area contributed by atoms with E-state index in [9.17, 15) is 8.42 Å². The van der Waals surface area contributed by atoms with Crippen molar-refractivity contribution in [3.63, 3.8) is 0 Å². The largest absolute Gasteiger partial charge is 0.241 e. The van der Waals surface area contributed by atoms with Crippen molar-refractivity contribution < 1.29 is 8.42 Å². The van der Waals surface area contributed by atoms with Crippen LogP contribution in [0.2, 0.25) is 0 Å². The summed E-state index contributed by atoms with van der Waals surface area (Å²) in [7, 11) is -3.69. The molecule has 0 aromatic heterocycles. The van der Waals surface area contributed by atoms with Crippen LogP contribution in [-0.4, -0.2) is 15.0 Å². The van der Waals surface area contributed by atoms with E-state index in [1.165, 1.54) is 0 Å². The third-order valence-corrected chi connectivity index (χ3v) is 5.42. The van der Waals surface area contributed by atoms with Gasteiger partial charge in [0.2, 0.25) is 10.0 Å². The van der Waals surface area contributed by atoms with E-state index in [1.807, 2.05) is 33.8 Å². The lowest BCUT2D eigenvalue weighted by molar-refractivity contribution is 0.581. The molecule has 0 bridgehead atoms. The van der Waals surface area contributed by atoms with E-state index in [0.717, 1.165) is 23.1 Å². The van der Waals surface area contributed by atoms with Gasteiger partial charge in [0, 0.05) is 0 Å². The van der Waals surface area contributed by atoms with Gasteiger partial charge in [0.05, 0.1) is 23.9 Å². The zero-order valence-electron chi connectivity index (χ0n) is 14.2. The minimum absolute atomic E-state index is 0.0538. The predicted molar refractivity (Wildman–Crippen MR) is 92.6 cm³/mol. The minimum atomic E-state index is -3.69. The molecule has 0 saturated carbocycles. The van der Waals surface area contributed by atoms with Crippen LogP contribution in [0.3, 0.4) is 0 Å². The highest BCUT2D eigenvalue weighted by Gasteiger charge is 2.23. The van der Waals surface area contributed by atoms with Gasteiger partial charge in [-0.1, -0.05) is 39.7 Å². The molecular weight excluding hydrogens is 308 g/mol. The highest BCUT2D eigenvalue weighted by molar-refractivity contribution is 7.89. The molecule has 4 nitrogen and oxygen atoms in total. The van der Waals surface area contributed by atoms with Crippen LogP contribution in [0.1, 0.15) is 62.6 Å². The molecule has 0 amide bonds. The predicted octanol–water partition coefficient (Wildman–Crippen LogP) is 3.30. The Morgan fingerprint density at radius 1 is 1.26 bits per heavy atom. The second kappa shape index (κ2) is 8.15. The molecule has 0 spiro atoms. The van der Waals surface area contributed by atoms with Crippen LogP contribution in [0.25, 0.3) is 0 Å². The molecule has 1 rings (SSSR count). The quantitative estimate of drug-likeness (QED) is 0.779. The van der Waals surface area contributed by atoms with E-state index in [2.05, 4.69) is 16.7 Å². The SMILES string of the molecule is C#CCNS(=O)(=O)c1cc(CC#N)c(C(C)C)cc1C(C)CC. The highest BCUT2D eigenvalue weighted by Crippen LogP contribution is 2.32. The summed E-state index contributed by atoms with van der Waals surface area (Å²) in [5.74, 6) is 2.60. The summed E-state index contributed by atoms with van der Waals surface area (Å²) in [6.07, 6.45) is 6.17. The number of hydrogen-bond acceptors (Lipinski definition) is 3. The van der Waals surface area contributed by atoms with Crippen molar-refractivity contribution in [1.82, 2.24) is 4.72 Å². The van der Waals surface area contributed by atoms with Crippen molar-refractivity contribution >= 4 is 10.0 Å². The van der Waals surface area contributed by atoms with Crippen LogP contribution < -0.4 is 4.72 Å². The number of terminal acetylenes is 1. The van der Waals surface area contributed by atoms with Gasteiger partial charge in [-0.05, 0) is 41.0 Å². The van der Waals surface area contributed by atoms with E-state index in [4.69, 9.17) is 11.7 Å². The molecule has 124 valence electrons. The monoisotopic (exact) mass is 332 g/mol. The molecule has 0 aliphatic rings. The van der Waals surface area contributed by atoms with Crippen molar-refractivity contribution in [3.8, 4) is 18.4 Å². The Bertz CT molecular complexity index is 738. The average Bonchev–Trinajstić information content (AvgIpc) is 2.51. The number of nitrogens with one attached hydrogen (secondary N) is 1. The fraction of sp³-hybridized carbons (Fsp3) is 0.500. The second-order valence-corrected chi connectivity index (χ2v) is 7.65. The molecule has 1 unspecified atom stereocenters. The van der Waals surface area contributed by atoms with Gasteiger partial charge < -0.3 is 0 Å². The highest BCUT2D eigenvalue weighted by atomic mass is 32.2. The molecule has 1 aromatic rings. The van der Waals surface area contributed by atoms with E-state index in [0.29, 0.717) is 0 Å². The maximum atomic E-state index is 12.6. The zero-order valence-corrected chi connectivity index (χ0v) is 15.0. The third-order valence-electron chi connectivity index (χ3n) is 3.96. The van der Waals surface area contributed by atoms with Crippen molar-refractivity contribution in [1.29, 1.82) is 5.26 Å². The Morgan fingerprint density at radius 3 is 2.39 bits per heavy atom. The van der Waals surface area contributed by atoms with Gasteiger partial charge in [-0.25, -0.2) is 8.42 Å². The fourth-order valence-electron chi connectivity index (χ4n) is 2.48. The first-order chi connectivity index (χ1) is 10.8. The fourth-order valence-corrected chi connectivity index (χ4v) is 3.78. The number of nitrogens with zero attached hydrogens (tertiary/aromatic N) is 1. The summed E-state index contributed by atoms with van der Waals surface area (Å²) in [6, 6.07) is 5.69.